The summed E-state index contributed by atoms with van der Waals surface area (Å²) < 4.78 is 1.52. The van der Waals surface area contributed by atoms with Crippen LogP contribution in [-0.4, -0.2) is 34.2 Å². The third-order valence-corrected chi connectivity index (χ3v) is 2.33. The molecule has 1 aromatic rings. The minimum absolute atomic E-state index is 0.234. The highest BCUT2D eigenvalue weighted by Gasteiger charge is 2.20. The molecular formula is C7H11N3O2S. The van der Waals surface area contributed by atoms with Gasteiger partial charge in [0.1, 0.15) is 16.4 Å². The topological polar surface area (TPSA) is 67.2 Å². The molecular weight excluding hydrogens is 190 g/mol. The Morgan fingerprint density at radius 1 is 1.69 bits per heavy atom. The molecule has 1 rings (SSSR count). The summed E-state index contributed by atoms with van der Waals surface area (Å²) in [5.41, 5.74) is 0.234. The molecule has 0 aliphatic rings. The Morgan fingerprint density at radius 2 is 2.31 bits per heavy atom. The van der Waals surface area contributed by atoms with Gasteiger partial charge >= 0.3 is 5.97 Å². The monoisotopic (exact) mass is 201 g/mol. The number of thioether (sulfide) groups is 1. The number of hydrogen-bond donors (Lipinski definition) is 2. The lowest BCUT2D eigenvalue weighted by Crippen LogP contribution is -2.04. The third kappa shape index (κ3) is 1.62. The first-order valence-corrected chi connectivity index (χ1v) is 4.86. The van der Waals surface area contributed by atoms with E-state index in [1.165, 1.54) is 16.4 Å². The van der Waals surface area contributed by atoms with Gasteiger partial charge in [0.05, 0.1) is 0 Å². The summed E-state index contributed by atoms with van der Waals surface area (Å²) in [7, 11) is 3.38. The van der Waals surface area contributed by atoms with Crippen molar-refractivity contribution in [1.29, 1.82) is 0 Å². The van der Waals surface area contributed by atoms with Crippen LogP contribution in [-0.2, 0) is 7.05 Å². The lowest BCUT2D eigenvalue weighted by molar-refractivity contribution is 0.0694. The molecule has 0 spiro atoms. The van der Waals surface area contributed by atoms with E-state index in [1.54, 1.807) is 20.4 Å². The van der Waals surface area contributed by atoms with Crippen LogP contribution in [0.3, 0.4) is 0 Å². The molecule has 0 aliphatic carbocycles. The molecule has 0 bridgehead atoms. The number of aromatic carboxylic acids is 1. The zero-order valence-corrected chi connectivity index (χ0v) is 8.47. The van der Waals surface area contributed by atoms with E-state index >= 15 is 0 Å². The van der Waals surface area contributed by atoms with Gasteiger partial charge in [0, 0.05) is 14.1 Å². The van der Waals surface area contributed by atoms with Gasteiger partial charge in [-0.05, 0) is 6.26 Å². The van der Waals surface area contributed by atoms with E-state index in [0.29, 0.717) is 10.8 Å². The molecule has 1 aromatic heterocycles. The summed E-state index contributed by atoms with van der Waals surface area (Å²) in [5.74, 6) is -0.432. The van der Waals surface area contributed by atoms with Crippen molar-refractivity contribution >= 4 is 23.5 Å². The minimum Gasteiger partial charge on any atom is -0.477 e. The average Bonchev–Trinajstić information content (AvgIpc) is 2.41. The van der Waals surface area contributed by atoms with Crippen LogP contribution >= 0.6 is 11.8 Å². The van der Waals surface area contributed by atoms with E-state index < -0.39 is 5.97 Å². The Hall–Kier alpha value is -1.17. The molecule has 0 saturated heterocycles. The highest BCUT2D eigenvalue weighted by Crippen LogP contribution is 2.25. The van der Waals surface area contributed by atoms with Gasteiger partial charge in [0.25, 0.3) is 0 Å². The van der Waals surface area contributed by atoms with E-state index in [2.05, 4.69) is 10.4 Å². The number of carbonyl (C=O) groups is 1. The first kappa shape index (κ1) is 9.91. The molecule has 5 nitrogen and oxygen atoms in total. The van der Waals surface area contributed by atoms with Gasteiger partial charge in [0.15, 0.2) is 0 Å². The number of carboxylic acid groups (broad SMARTS) is 1. The molecule has 72 valence electrons. The van der Waals surface area contributed by atoms with Crippen molar-refractivity contribution in [3.8, 4) is 0 Å². The lowest BCUT2D eigenvalue weighted by atomic mass is 10.3. The second-order valence-electron chi connectivity index (χ2n) is 2.41. The molecule has 13 heavy (non-hydrogen) atoms. The standard InChI is InChI=1S/C7H11N3O2S/c1-8-5-4(7(11)12)6(13-3)9-10(5)2/h8H,1-3H3,(H,11,12). The molecule has 0 radical (unpaired) electrons. The fourth-order valence-corrected chi connectivity index (χ4v) is 1.71. The Labute approximate surface area is 80.1 Å². The molecule has 0 amide bonds. The number of nitrogens with zero attached hydrogens (tertiary/aromatic N) is 2. The first-order valence-electron chi connectivity index (χ1n) is 3.63. The van der Waals surface area contributed by atoms with Crippen LogP contribution in [0, 0.1) is 0 Å². The number of aromatic nitrogens is 2. The molecule has 0 aromatic carbocycles. The summed E-state index contributed by atoms with van der Waals surface area (Å²) in [5, 5.41) is 16.3. The van der Waals surface area contributed by atoms with E-state index in [-0.39, 0.29) is 5.56 Å². The first-order chi connectivity index (χ1) is 6.11. The van der Waals surface area contributed by atoms with Gasteiger partial charge in [-0.3, -0.25) is 4.68 Å². The fraction of sp³-hybridized carbons (Fsp3) is 0.429. The number of carboxylic acids is 1. The Balaban J connectivity index is 3.32. The molecule has 0 saturated carbocycles. The van der Waals surface area contributed by atoms with E-state index in [0.717, 1.165) is 0 Å². The third-order valence-electron chi connectivity index (χ3n) is 1.66. The molecule has 1 heterocycles. The van der Waals surface area contributed by atoms with Crippen molar-refractivity contribution in [3.05, 3.63) is 5.56 Å². The van der Waals surface area contributed by atoms with E-state index in [9.17, 15) is 4.79 Å². The van der Waals surface area contributed by atoms with Gasteiger partial charge in [-0.1, -0.05) is 0 Å². The van der Waals surface area contributed by atoms with Crippen LogP contribution in [0.4, 0.5) is 5.82 Å². The zero-order valence-electron chi connectivity index (χ0n) is 7.66. The smallest absolute Gasteiger partial charge is 0.342 e. The van der Waals surface area contributed by atoms with E-state index in [4.69, 9.17) is 5.11 Å². The average molecular weight is 201 g/mol. The number of hydrogen-bond acceptors (Lipinski definition) is 4. The predicted molar refractivity (Wildman–Crippen MR) is 51.5 cm³/mol. The summed E-state index contributed by atoms with van der Waals surface area (Å²) in [4.78, 5) is 10.9. The van der Waals surface area contributed by atoms with Crippen molar-refractivity contribution in [2.45, 2.75) is 5.03 Å². The second kappa shape index (κ2) is 3.69. The molecule has 0 fully saturated rings. The van der Waals surface area contributed by atoms with Crippen LogP contribution < -0.4 is 5.32 Å². The Kier molecular flexibility index (Phi) is 2.82. The molecule has 0 atom stereocenters. The quantitative estimate of drug-likeness (QED) is 0.711. The summed E-state index contributed by atoms with van der Waals surface area (Å²) in [6.45, 7) is 0. The maximum absolute atomic E-state index is 10.9. The lowest BCUT2D eigenvalue weighted by Gasteiger charge is -2.00. The highest BCUT2D eigenvalue weighted by atomic mass is 32.2. The highest BCUT2D eigenvalue weighted by molar-refractivity contribution is 7.98. The van der Waals surface area contributed by atoms with Crippen LogP contribution in [0.1, 0.15) is 10.4 Å². The van der Waals surface area contributed by atoms with Gasteiger partial charge in [-0.25, -0.2) is 4.79 Å². The van der Waals surface area contributed by atoms with Crippen LogP contribution in [0.5, 0.6) is 0 Å². The summed E-state index contributed by atoms with van der Waals surface area (Å²) >= 11 is 1.32. The fourth-order valence-electron chi connectivity index (χ4n) is 1.12. The maximum Gasteiger partial charge on any atom is 0.342 e. The minimum atomic E-state index is -0.957. The second-order valence-corrected chi connectivity index (χ2v) is 3.21. The maximum atomic E-state index is 10.9. The van der Waals surface area contributed by atoms with Crippen LogP contribution in [0.25, 0.3) is 0 Å². The van der Waals surface area contributed by atoms with Crippen molar-refractivity contribution in [1.82, 2.24) is 9.78 Å². The predicted octanol–water partition coefficient (Wildman–Crippen LogP) is 0.882. The largest absolute Gasteiger partial charge is 0.477 e. The Bertz CT molecular complexity index is 335. The SMILES string of the molecule is CNc1c(C(=O)O)c(SC)nn1C. The van der Waals surface area contributed by atoms with Crippen LogP contribution in [0.15, 0.2) is 5.03 Å². The molecule has 2 N–H and O–H groups in total. The van der Waals surface area contributed by atoms with Crippen LogP contribution in [0.2, 0.25) is 0 Å². The van der Waals surface area contributed by atoms with Crippen molar-refractivity contribution < 1.29 is 9.90 Å². The van der Waals surface area contributed by atoms with Crippen molar-refractivity contribution in [3.63, 3.8) is 0 Å². The number of aryl methyl sites for hydroxylation is 1. The molecule has 6 heteroatoms. The van der Waals surface area contributed by atoms with E-state index in [1.807, 2.05) is 0 Å². The number of rotatable bonds is 3. The van der Waals surface area contributed by atoms with Gasteiger partial charge < -0.3 is 10.4 Å². The van der Waals surface area contributed by atoms with Gasteiger partial charge in [-0.15, -0.1) is 11.8 Å². The zero-order chi connectivity index (χ0) is 10.0. The summed E-state index contributed by atoms with van der Waals surface area (Å²) in [6.07, 6.45) is 1.80. The van der Waals surface area contributed by atoms with Crippen molar-refractivity contribution in [2.24, 2.45) is 7.05 Å². The van der Waals surface area contributed by atoms with Gasteiger partial charge in [0.2, 0.25) is 0 Å². The molecule has 0 unspecified atom stereocenters. The molecule has 0 aliphatic heterocycles. The Morgan fingerprint density at radius 3 is 2.69 bits per heavy atom. The number of nitrogens with one attached hydrogen (secondary N) is 1. The normalized spacial score (nSPS) is 10.1. The van der Waals surface area contributed by atoms with Crippen molar-refractivity contribution in [2.75, 3.05) is 18.6 Å². The number of anilines is 1. The summed E-state index contributed by atoms with van der Waals surface area (Å²) in [6, 6.07) is 0. The van der Waals surface area contributed by atoms with Gasteiger partial charge in [-0.2, -0.15) is 5.10 Å².